The van der Waals surface area contributed by atoms with Gasteiger partial charge in [-0.25, -0.2) is 0 Å². The Hall–Kier alpha value is -0.540. The maximum atomic E-state index is 6.11. The van der Waals surface area contributed by atoms with E-state index < -0.39 is 0 Å². The monoisotopic (exact) mass is 311 g/mol. The second-order valence-corrected chi connectivity index (χ2v) is 6.94. The van der Waals surface area contributed by atoms with Crippen molar-refractivity contribution in [2.24, 2.45) is 11.7 Å². The normalized spacial score (nSPS) is 16.4. The van der Waals surface area contributed by atoms with E-state index in [1.54, 1.807) is 0 Å². The van der Waals surface area contributed by atoms with Gasteiger partial charge < -0.3 is 10.5 Å². The molecule has 2 nitrogen and oxygen atoms in total. The Balaban J connectivity index is 2.06. The minimum Gasteiger partial charge on any atom is -0.493 e. The molecule has 0 heterocycles. The predicted octanol–water partition coefficient (Wildman–Crippen LogP) is 3.91. The molecule has 0 radical (unpaired) electrons. The van der Waals surface area contributed by atoms with Crippen molar-refractivity contribution in [3.63, 3.8) is 0 Å². The van der Waals surface area contributed by atoms with Gasteiger partial charge in [-0.3, -0.25) is 0 Å². The Morgan fingerprint density at radius 2 is 2.11 bits per heavy atom. The zero-order valence-corrected chi connectivity index (χ0v) is 12.8. The van der Waals surface area contributed by atoms with Gasteiger partial charge in [0.15, 0.2) is 0 Å². The second kappa shape index (κ2) is 5.62. The van der Waals surface area contributed by atoms with Crippen molar-refractivity contribution in [3.8, 4) is 5.75 Å². The molecule has 0 unspecified atom stereocenters. The van der Waals surface area contributed by atoms with Crippen LogP contribution in [0.3, 0.4) is 0 Å². The molecule has 0 aromatic heterocycles. The topological polar surface area (TPSA) is 35.2 Å². The summed E-state index contributed by atoms with van der Waals surface area (Å²) in [5.41, 5.74) is 7.09. The maximum absolute atomic E-state index is 6.11. The van der Waals surface area contributed by atoms with Crippen LogP contribution in [0.5, 0.6) is 5.75 Å². The van der Waals surface area contributed by atoms with Crippen LogP contribution in [-0.2, 0) is 6.42 Å². The van der Waals surface area contributed by atoms with Gasteiger partial charge in [0, 0.05) is 10.0 Å². The number of halogens is 1. The van der Waals surface area contributed by atoms with Gasteiger partial charge in [0.1, 0.15) is 5.75 Å². The summed E-state index contributed by atoms with van der Waals surface area (Å²) < 4.78 is 7.05. The summed E-state index contributed by atoms with van der Waals surface area (Å²) in [6, 6.07) is 6.19. The summed E-state index contributed by atoms with van der Waals surface area (Å²) >= 11 is 3.51. The highest BCUT2D eigenvalue weighted by Gasteiger charge is 2.20. The molecule has 1 aliphatic carbocycles. The van der Waals surface area contributed by atoms with Crippen LogP contribution in [0.2, 0.25) is 0 Å². The van der Waals surface area contributed by atoms with Crippen molar-refractivity contribution < 1.29 is 4.74 Å². The molecular weight excluding hydrogens is 290 g/mol. The van der Waals surface area contributed by atoms with E-state index in [0.29, 0.717) is 0 Å². The lowest BCUT2D eigenvalue weighted by Crippen LogP contribution is -2.34. The fourth-order valence-corrected chi connectivity index (χ4v) is 2.59. The molecule has 18 heavy (non-hydrogen) atoms. The number of hydrogen-bond donors (Lipinski definition) is 1. The molecule has 2 N–H and O–H groups in total. The zero-order valence-electron chi connectivity index (χ0n) is 11.2. The summed E-state index contributed by atoms with van der Waals surface area (Å²) in [5.74, 6) is 1.75. The lowest BCUT2D eigenvalue weighted by atomic mass is 9.86. The fourth-order valence-electron chi connectivity index (χ4n) is 2.18. The van der Waals surface area contributed by atoms with Crippen molar-refractivity contribution in [1.82, 2.24) is 0 Å². The van der Waals surface area contributed by atoms with Gasteiger partial charge in [-0.15, -0.1) is 0 Å². The van der Waals surface area contributed by atoms with Crippen LogP contribution in [0.15, 0.2) is 22.7 Å². The number of benzene rings is 1. The first-order valence-corrected chi connectivity index (χ1v) is 7.43. The van der Waals surface area contributed by atoms with Crippen LogP contribution in [-0.4, -0.2) is 12.1 Å². The van der Waals surface area contributed by atoms with Gasteiger partial charge in [0.05, 0.1) is 6.61 Å². The van der Waals surface area contributed by atoms with Crippen molar-refractivity contribution in [1.29, 1.82) is 0 Å². The molecule has 0 bridgehead atoms. The summed E-state index contributed by atoms with van der Waals surface area (Å²) in [6.45, 7) is 4.94. The van der Waals surface area contributed by atoms with Crippen molar-refractivity contribution >= 4 is 15.9 Å². The van der Waals surface area contributed by atoms with E-state index in [0.717, 1.165) is 29.2 Å². The Morgan fingerprint density at radius 3 is 2.67 bits per heavy atom. The van der Waals surface area contributed by atoms with Gasteiger partial charge in [-0.05, 0) is 62.8 Å². The molecule has 2 rings (SSSR count). The quantitative estimate of drug-likeness (QED) is 0.895. The molecule has 0 spiro atoms. The molecular formula is C15H22BrNO. The van der Waals surface area contributed by atoms with Crippen LogP contribution in [0, 0.1) is 5.92 Å². The lowest BCUT2D eigenvalue weighted by Gasteiger charge is -2.26. The average Bonchev–Trinajstić information content (AvgIpc) is 2.16. The Kier molecular flexibility index (Phi) is 4.33. The Morgan fingerprint density at radius 1 is 1.39 bits per heavy atom. The first-order valence-electron chi connectivity index (χ1n) is 6.64. The lowest BCUT2D eigenvalue weighted by molar-refractivity contribution is 0.179. The molecule has 1 aromatic rings. The number of rotatable bonds is 5. The van der Waals surface area contributed by atoms with E-state index in [-0.39, 0.29) is 5.54 Å². The summed E-state index contributed by atoms with van der Waals surface area (Å²) in [4.78, 5) is 0. The number of hydrogen-bond acceptors (Lipinski definition) is 2. The van der Waals surface area contributed by atoms with Gasteiger partial charge >= 0.3 is 0 Å². The largest absolute Gasteiger partial charge is 0.493 e. The minimum atomic E-state index is -0.213. The molecule has 1 saturated carbocycles. The van der Waals surface area contributed by atoms with E-state index >= 15 is 0 Å². The van der Waals surface area contributed by atoms with Gasteiger partial charge in [-0.1, -0.05) is 22.4 Å². The van der Waals surface area contributed by atoms with Crippen molar-refractivity contribution in [2.75, 3.05) is 6.61 Å². The van der Waals surface area contributed by atoms with Crippen LogP contribution < -0.4 is 10.5 Å². The van der Waals surface area contributed by atoms with E-state index in [9.17, 15) is 0 Å². The summed E-state index contributed by atoms with van der Waals surface area (Å²) in [7, 11) is 0. The maximum Gasteiger partial charge on any atom is 0.122 e. The van der Waals surface area contributed by atoms with E-state index in [2.05, 4.69) is 22.0 Å². The average molecular weight is 312 g/mol. The van der Waals surface area contributed by atoms with E-state index in [4.69, 9.17) is 10.5 Å². The van der Waals surface area contributed by atoms with Crippen LogP contribution >= 0.6 is 15.9 Å². The van der Waals surface area contributed by atoms with Crippen molar-refractivity contribution in [3.05, 3.63) is 28.2 Å². The Bertz CT molecular complexity index is 407. The highest BCUT2D eigenvalue weighted by Crippen LogP contribution is 2.30. The molecule has 1 aromatic carbocycles. The first-order chi connectivity index (χ1) is 8.44. The second-order valence-electron chi connectivity index (χ2n) is 6.03. The number of ether oxygens (including phenoxy) is 1. The van der Waals surface area contributed by atoms with Crippen LogP contribution in [0.1, 0.15) is 38.7 Å². The summed E-state index contributed by atoms with van der Waals surface area (Å²) in [5, 5.41) is 0. The molecule has 0 aliphatic heterocycles. The molecule has 0 atom stereocenters. The molecule has 1 fully saturated rings. The van der Waals surface area contributed by atoms with Crippen LogP contribution in [0.25, 0.3) is 0 Å². The standard InChI is InChI=1S/C15H22BrNO/c1-15(2,17)9-12-8-13(16)6-7-14(12)18-10-11-4-3-5-11/h6-8,11H,3-5,9-10,17H2,1-2H3. The van der Waals surface area contributed by atoms with Gasteiger partial charge in [0.2, 0.25) is 0 Å². The van der Waals surface area contributed by atoms with Gasteiger partial charge in [-0.2, -0.15) is 0 Å². The fraction of sp³-hybridized carbons (Fsp3) is 0.600. The van der Waals surface area contributed by atoms with Gasteiger partial charge in [0.25, 0.3) is 0 Å². The molecule has 3 heteroatoms. The SMILES string of the molecule is CC(C)(N)Cc1cc(Br)ccc1OCC1CCC1. The van der Waals surface area contributed by atoms with Crippen LogP contribution in [0.4, 0.5) is 0 Å². The predicted molar refractivity (Wildman–Crippen MR) is 78.9 cm³/mol. The molecule has 0 saturated heterocycles. The van der Waals surface area contributed by atoms with Crippen molar-refractivity contribution in [2.45, 2.75) is 45.1 Å². The third kappa shape index (κ3) is 3.99. The smallest absolute Gasteiger partial charge is 0.122 e. The first kappa shape index (κ1) is 13.9. The molecule has 1 aliphatic rings. The van der Waals surface area contributed by atoms with E-state index in [1.165, 1.54) is 24.8 Å². The highest BCUT2D eigenvalue weighted by atomic mass is 79.9. The molecule has 0 amide bonds. The third-order valence-corrected chi connectivity index (χ3v) is 3.86. The zero-order chi connectivity index (χ0) is 13.2. The molecule has 100 valence electrons. The Labute approximate surface area is 118 Å². The number of nitrogens with two attached hydrogens (primary N) is 1. The summed E-state index contributed by atoms with van der Waals surface area (Å²) in [6.07, 6.45) is 4.81. The third-order valence-electron chi connectivity index (χ3n) is 3.37. The van der Waals surface area contributed by atoms with E-state index in [1.807, 2.05) is 26.0 Å². The highest BCUT2D eigenvalue weighted by molar-refractivity contribution is 9.10. The minimum absolute atomic E-state index is 0.213.